The molecule has 3 rings (SSSR count). The van der Waals surface area contributed by atoms with E-state index < -0.39 is 11.0 Å². The molecule has 0 saturated carbocycles. The molecular formula is C28H31N3O4. The van der Waals surface area contributed by atoms with Gasteiger partial charge in [-0.25, -0.2) is 0 Å². The third-order valence-corrected chi connectivity index (χ3v) is 5.79. The Bertz CT molecular complexity index is 1160. The van der Waals surface area contributed by atoms with Crippen molar-refractivity contribution < 1.29 is 14.5 Å². The normalized spacial score (nSPS) is 11.5. The van der Waals surface area contributed by atoms with Crippen LogP contribution in [0.5, 0.6) is 0 Å². The van der Waals surface area contributed by atoms with Gasteiger partial charge in [-0.3, -0.25) is 19.7 Å². The molecule has 7 nitrogen and oxygen atoms in total. The van der Waals surface area contributed by atoms with Gasteiger partial charge in [0.1, 0.15) is 6.04 Å². The van der Waals surface area contributed by atoms with E-state index >= 15 is 0 Å². The average Bonchev–Trinajstić information content (AvgIpc) is 2.85. The maximum absolute atomic E-state index is 13.7. The molecule has 0 aliphatic carbocycles. The van der Waals surface area contributed by atoms with E-state index in [1.54, 1.807) is 23.1 Å². The molecule has 0 spiro atoms. The Hall–Kier alpha value is -4.00. The monoisotopic (exact) mass is 473 g/mol. The highest BCUT2D eigenvalue weighted by Crippen LogP contribution is 2.22. The van der Waals surface area contributed by atoms with Gasteiger partial charge in [0.2, 0.25) is 11.8 Å². The molecule has 0 bridgehead atoms. The standard InChI is InChI=1S/C28H31N3O4/c1-3-16-29-28(33)26(18-22-11-5-4-6-12-22)30(20-23-13-9-10-21(2)17-23)27(32)19-24-14-7-8-15-25(24)31(34)35/h4-15,17,26H,3,16,18-20H2,1-2H3,(H,29,33)/t26-/m1/s1. The van der Waals surface area contributed by atoms with Crippen LogP contribution in [0, 0.1) is 17.0 Å². The molecule has 0 fully saturated rings. The zero-order valence-corrected chi connectivity index (χ0v) is 20.1. The molecule has 0 aliphatic heterocycles. The number of nitro groups is 1. The number of nitrogens with zero attached hydrogens (tertiary/aromatic N) is 2. The van der Waals surface area contributed by atoms with Crippen LogP contribution in [-0.2, 0) is 29.0 Å². The van der Waals surface area contributed by atoms with Crippen molar-refractivity contribution in [2.45, 2.75) is 45.7 Å². The van der Waals surface area contributed by atoms with Crippen LogP contribution in [0.15, 0.2) is 78.9 Å². The van der Waals surface area contributed by atoms with E-state index in [4.69, 9.17) is 0 Å². The van der Waals surface area contributed by atoms with Crippen LogP contribution in [0.25, 0.3) is 0 Å². The Morgan fingerprint density at radius 3 is 2.34 bits per heavy atom. The SMILES string of the molecule is CCCNC(=O)[C@@H](Cc1ccccc1)N(Cc1cccc(C)c1)C(=O)Cc1ccccc1[N+](=O)[O-]. The number of hydrogen-bond donors (Lipinski definition) is 1. The van der Waals surface area contributed by atoms with Gasteiger partial charge in [-0.05, 0) is 24.5 Å². The minimum absolute atomic E-state index is 0.105. The van der Waals surface area contributed by atoms with Crippen molar-refractivity contribution in [1.82, 2.24) is 10.2 Å². The molecule has 35 heavy (non-hydrogen) atoms. The highest BCUT2D eigenvalue weighted by Gasteiger charge is 2.31. The maximum atomic E-state index is 13.7. The van der Waals surface area contributed by atoms with Gasteiger partial charge in [0.15, 0.2) is 0 Å². The number of nitro benzene ring substituents is 1. The lowest BCUT2D eigenvalue weighted by Gasteiger charge is -2.31. The molecule has 0 saturated heterocycles. The van der Waals surface area contributed by atoms with Crippen molar-refractivity contribution in [3.05, 3.63) is 111 Å². The minimum Gasteiger partial charge on any atom is -0.354 e. The summed E-state index contributed by atoms with van der Waals surface area (Å²) in [6, 6.07) is 22.8. The molecule has 2 amide bonds. The van der Waals surface area contributed by atoms with Gasteiger partial charge >= 0.3 is 0 Å². The summed E-state index contributed by atoms with van der Waals surface area (Å²) in [6.07, 6.45) is 0.936. The van der Waals surface area contributed by atoms with Crippen LogP contribution in [0.2, 0.25) is 0 Å². The van der Waals surface area contributed by atoms with E-state index in [0.717, 1.165) is 23.1 Å². The van der Waals surface area contributed by atoms with E-state index in [1.807, 2.05) is 68.4 Å². The van der Waals surface area contributed by atoms with Gasteiger partial charge in [-0.1, -0.05) is 85.3 Å². The topological polar surface area (TPSA) is 92.6 Å². The van der Waals surface area contributed by atoms with Crippen LogP contribution >= 0.6 is 0 Å². The number of amides is 2. The number of para-hydroxylation sites is 1. The molecule has 0 radical (unpaired) electrons. The Morgan fingerprint density at radius 2 is 1.66 bits per heavy atom. The molecule has 182 valence electrons. The minimum atomic E-state index is -0.764. The van der Waals surface area contributed by atoms with Crippen molar-refractivity contribution >= 4 is 17.5 Å². The molecule has 1 atom stereocenters. The van der Waals surface area contributed by atoms with Gasteiger partial charge < -0.3 is 10.2 Å². The van der Waals surface area contributed by atoms with Crippen LogP contribution in [0.1, 0.15) is 35.6 Å². The lowest BCUT2D eigenvalue weighted by molar-refractivity contribution is -0.385. The van der Waals surface area contributed by atoms with E-state index in [9.17, 15) is 19.7 Å². The van der Waals surface area contributed by atoms with E-state index in [0.29, 0.717) is 18.5 Å². The number of carbonyl (C=O) groups is 2. The van der Waals surface area contributed by atoms with Crippen molar-refractivity contribution in [1.29, 1.82) is 0 Å². The third kappa shape index (κ3) is 7.24. The Labute approximate surface area is 205 Å². The van der Waals surface area contributed by atoms with Gasteiger partial charge in [-0.15, -0.1) is 0 Å². The highest BCUT2D eigenvalue weighted by atomic mass is 16.6. The van der Waals surface area contributed by atoms with Gasteiger partial charge in [0.25, 0.3) is 5.69 Å². The van der Waals surface area contributed by atoms with E-state index in [1.165, 1.54) is 6.07 Å². The molecule has 7 heteroatoms. The van der Waals surface area contributed by atoms with E-state index in [2.05, 4.69) is 5.32 Å². The summed E-state index contributed by atoms with van der Waals surface area (Å²) in [7, 11) is 0. The first-order chi connectivity index (χ1) is 16.9. The summed E-state index contributed by atoms with van der Waals surface area (Å²) in [5, 5.41) is 14.5. The van der Waals surface area contributed by atoms with Crippen LogP contribution in [0.4, 0.5) is 5.69 Å². The summed E-state index contributed by atoms with van der Waals surface area (Å²) in [5.74, 6) is -0.576. The summed E-state index contributed by atoms with van der Waals surface area (Å²) in [4.78, 5) is 39.6. The van der Waals surface area contributed by atoms with Gasteiger partial charge in [0, 0.05) is 31.1 Å². The molecule has 0 aliphatic rings. The zero-order chi connectivity index (χ0) is 25.2. The fraction of sp³-hybridized carbons (Fsp3) is 0.286. The zero-order valence-electron chi connectivity index (χ0n) is 20.1. The number of rotatable bonds is 11. The van der Waals surface area contributed by atoms with Crippen molar-refractivity contribution in [3.8, 4) is 0 Å². The molecular weight excluding hydrogens is 442 g/mol. The second-order valence-corrected chi connectivity index (χ2v) is 8.57. The highest BCUT2D eigenvalue weighted by molar-refractivity contribution is 5.89. The van der Waals surface area contributed by atoms with Gasteiger partial charge in [-0.2, -0.15) is 0 Å². The number of aryl methyl sites for hydroxylation is 1. The van der Waals surface area contributed by atoms with Crippen LogP contribution < -0.4 is 5.32 Å². The molecule has 3 aromatic carbocycles. The average molecular weight is 474 g/mol. The molecule has 3 aromatic rings. The largest absolute Gasteiger partial charge is 0.354 e. The number of hydrogen-bond acceptors (Lipinski definition) is 4. The number of nitrogens with one attached hydrogen (secondary N) is 1. The summed E-state index contributed by atoms with van der Waals surface area (Å²) >= 11 is 0. The fourth-order valence-electron chi connectivity index (χ4n) is 4.03. The predicted octanol–water partition coefficient (Wildman–Crippen LogP) is 4.61. The molecule has 1 N–H and O–H groups in total. The molecule has 0 heterocycles. The Kier molecular flexibility index (Phi) is 9.12. The quantitative estimate of drug-likeness (QED) is 0.325. The van der Waals surface area contributed by atoms with Crippen LogP contribution in [-0.4, -0.2) is 34.2 Å². The lowest BCUT2D eigenvalue weighted by atomic mass is 10.0. The number of benzene rings is 3. The predicted molar refractivity (Wildman–Crippen MR) is 136 cm³/mol. The third-order valence-electron chi connectivity index (χ3n) is 5.79. The molecule has 0 aromatic heterocycles. The van der Waals surface area contributed by atoms with E-state index in [-0.39, 0.29) is 30.5 Å². The number of carbonyl (C=O) groups excluding carboxylic acids is 2. The second-order valence-electron chi connectivity index (χ2n) is 8.57. The molecule has 0 unspecified atom stereocenters. The van der Waals surface area contributed by atoms with Crippen molar-refractivity contribution in [2.24, 2.45) is 0 Å². The Morgan fingerprint density at radius 1 is 0.971 bits per heavy atom. The lowest BCUT2D eigenvalue weighted by Crippen LogP contribution is -2.51. The first kappa shape index (κ1) is 25.6. The second kappa shape index (κ2) is 12.5. The fourth-order valence-corrected chi connectivity index (χ4v) is 4.03. The first-order valence-corrected chi connectivity index (χ1v) is 11.8. The van der Waals surface area contributed by atoms with Crippen LogP contribution in [0.3, 0.4) is 0 Å². The first-order valence-electron chi connectivity index (χ1n) is 11.8. The smallest absolute Gasteiger partial charge is 0.273 e. The Balaban J connectivity index is 2.00. The summed E-state index contributed by atoms with van der Waals surface area (Å²) < 4.78 is 0. The summed E-state index contributed by atoms with van der Waals surface area (Å²) in [5.41, 5.74) is 3.08. The van der Waals surface area contributed by atoms with Gasteiger partial charge in [0.05, 0.1) is 11.3 Å². The summed E-state index contributed by atoms with van der Waals surface area (Å²) in [6.45, 7) is 4.66. The van der Waals surface area contributed by atoms with Crippen molar-refractivity contribution in [2.75, 3.05) is 6.54 Å². The maximum Gasteiger partial charge on any atom is 0.273 e. The van der Waals surface area contributed by atoms with Crippen molar-refractivity contribution in [3.63, 3.8) is 0 Å².